The molecule has 0 saturated carbocycles. The van der Waals surface area contributed by atoms with Gasteiger partial charge in [0, 0.05) is 30.4 Å². The van der Waals surface area contributed by atoms with Gasteiger partial charge in [-0.25, -0.2) is 4.98 Å². The first-order chi connectivity index (χ1) is 12.5. The zero-order chi connectivity index (χ0) is 18.5. The van der Waals surface area contributed by atoms with Crippen LogP contribution >= 0.6 is 11.3 Å². The van der Waals surface area contributed by atoms with Crippen molar-refractivity contribution in [2.24, 2.45) is 0 Å². The third-order valence-electron chi connectivity index (χ3n) is 4.24. The van der Waals surface area contributed by atoms with Crippen molar-refractivity contribution < 1.29 is 9.53 Å². The summed E-state index contributed by atoms with van der Waals surface area (Å²) in [7, 11) is 1.81. The number of nitrogens with zero attached hydrogens (tertiary/aromatic N) is 3. The van der Waals surface area contributed by atoms with Crippen LogP contribution in [0.25, 0.3) is 0 Å². The molecule has 2 heterocycles. The summed E-state index contributed by atoms with van der Waals surface area (Å²) in [6.45, 7) is 4.40. The predicted octanol–water partition coefficient (Wildman–Crippen LogP) is 4.26. The molecule has 26 heavy (non-hydrogen) atoms. The number of rotatable bonds is 6. The molecule has 0 aliphatic carbocycles. The van der Waals surface area contributed by atoms with Crippen LogP contribution in [0.4, 0.5) is 0 Å². The van der Waals surface area contributed by atoms with Gasteiger partial charge in [0.2, 0.25) is 0 Å². The van der Waals surface area contributed by atoms with Crippen molar-refractivity contribution in [1.82, 2.24) is 14.9 Å². The highest BCUT2D eigenvalue weighted by molar-refractivity contribution is 7.09. The lowest BCUT2D eigenvalue weighted by atomic mass is 10.1. The van der Waals surface area contributed by atoms with Gasteiger partial charge in [0.25, 0.3) is 5.91 Å². The van der Waals surface area contributed by atoms with E-state index in [-0.39, 0.29) is 11.9 Å². The first-order valence-corrected chi connectivity index (χ1v) is 9.23. The number of benzene rings is 1. The van der Waals surface area contributed by atoms with Gasteiger partial charge in [0.1, 0.15) is 12.4 Å². The second-order valence-electron chi connectivity index (χ2n) is 6.04. The monoisotopic (exact) mass is 367 g/mol. The van der Waals surface area contributed by atoms with Gasteiger partial charge in [-0.2, -0.15) is 0 Å². The smallest absolute Gasteiger partial charge is 0.254 e. The molecule has 6 heteroatoms. The summed E-state index contributed by atoms with van der Waals surface area (Å²) in [5.74, 6) is 0.688. The van der Waals surface area contributed by atoms with Crippen molar-refractivity contribution in [3.8, 4) is 5.75 Å². The van der Waals surface area contributed by atoms with Gasteiger partial charge in [0.15, 0.2) is 0 Å². The number of carbonyl (C=O) groups excluding carboxylic acids is 1. The first-order valence-electron chi connectivity index (χ1n) is 8.35. The number of aromatic nitrogens is 2. The van der Waals surface area contributed by atoms with Gasteiger partial charge in [-0.15, -0.1) is 11.3 Å². The van der Waals surface area contributed by atoms with Gasteiger partial charge in [-0.1, -0.05) is 0 Å². The van der Waals surface area contributed by atoms with Crippen molar-refractivity contribution in [3.63, 3.8) is 0 Å². The zero-order valence-corrected chi connectivity index (χ0v) is 15.9. The number of carbonyl (C=O) groups is 1. The highest BCUT2D eigenvalue weighted by Gasteiger charge is 2.18. The molecular formula is C20H21N3O2S. The van der Waals surface area contributed by atoms with Gasteiger partial charge >= 0.3 is 0 Å². The van der Waals surface area contributed by atoms with Crippen LogP contribution in [-0.4, -0.2) is 27.8 Å². The third kappa shape index (κ3) is 4.26. The van der Waals surface area contributed by atoms with E-state index in [2.05, 4.69) is 9.97 Å². The fourth-order valence-corrected chi connectivity index (χ4v) is 3.17. The van der Waals surface area contributed by atoms with Crippen LogP contribution in [-0.2, 0) is 6.61 Å². The molecular weight excluding hydrogens is 346 g/mol. The maximum absolute atomic E-state index is 12.7. The predicted molar refractivity (Wildman–Crippen MR) is 102 cm³/mol. The van der Waals surface area contributed by atoms with E-state index in [4.69, 9.17) is 4.74 Å². The largest absolute Gasteiger partial charge is 0.487 e. The summed E-state index contributed by atoms with van der Waals surface area (Å²) in [5.41, 5.74) is 2.60. The Kier molecular flexibility index (Phi) is 5.63. The molecule has 0 aliphatic heterocycles. The maximum Gasteiger partial charge on any atom is 0.254 e. The highest BCUT2D eigenvalue weighted by atomic mass is 32.1. The minimum Gasteiger partial charge on any atom is -0.487 e. The van der Waals surface area contributed by atoms with Crippen molar-refractivity contribution in [1.29, 1.82) is 0 Å². The first kappa shape index (κ1) is 18.1. The molecule has 5 nitrogen and oxygen atoms in total. The molecule has 1 atom stereocenters. The Bertz CT molecular complexity index is 862. The van der Waals surface area contributed by atoms with E-state index in [1.54, 1.807) is 40.8 Å². The molecule has 1 unspecified atom stereocenters. The zero-order valence-electron chi connectivity index (χ0n) is 15.0. The molecule has 0 N–H and O–H groups in total. The van der Waals surface area contributed by atoms with E-state index >= 15 is 0 Å². The highest BCUT2D eigenvalue weighted by Crippen LogP contribution is 2.21. The Morgan fingerprint density at radius 1 is 1.19 bits per heavy atom. The molecule has 1 amide bonds. The average Bonchev–Trinajstić information content (AvgIpc) is 3.11. The van der Waals surface area contributed by atoms with Gasteiger partial charge in [0.05, 0.1) is 16.7 Å². The summed E-state index contributed by atoms with van der Waals surface area (Å²) in [4.78, 5) is 22.8. The molecule has 3 aromatic rings. The average molecular weight is 367 g/mol. The topological polar surface area (TPSA) is 55.3 Å². The summed E-state index contributed by atoms with van der Waals surface area (Å²) in [6.07, 6.45) is 3.47. The second-order valence-corrected chi connectivity index (χ2v) is 7.11. The van der Waals surface area contributed by atoms with Crippen LogP contribution in [0.5, 0.6) is 5.75 Å². The minimum atomic E-state index is -0.0330. The molecule has 0 spiro atoms. The number of hydrogen-bond acceptors (Lipinski definition) is 5. The lowest BCUT2D eigenvalue weighted by molar-refractivity contribution is 0.0742. The van der Waals surface area contributed by atoms with Crippen LogP contribution in [0.3, 0.4) is 0 Å². The standard InChI is InChI=1S/C20H21N3O2S/c1-14(16-8-10-21-11-9-16)23(3)20(24)17-4-6-19(7-5-17)25-12-18-13-26-15(2)22-18/h4-11,13-14H,12H2,1-3H3. The third-order valence-corrected chi connectivity index (χ3v) is 5.07. The van der Waals surface area contributed by atoms with Crippen LogP contribution in [0.15, 0.2) is 54.2 Å². The van der Waals surface area contributed by atoms with E-state index in [9.17, 15) is 4.79 Å². The molecule has 0 bridgehead atoms. The van der Waals surface area contributed by atoms with E-state index in [0.717, 1.165) is 22.0 Å². The van der Waals surface area contributed by atoms with Crippen molar-refractivity contribution in [3.05, 3.63) is 76.0 Å². The molecule has 134 valence electrons. The number of ether oxygens (including phenoxy) is 1. The van der Waals surface area contributed by atoms with Crippen LogP contribution < -0.4 is 4.74 Å². The fraction of sp³-hybridized carbons (Fsp3) is 0.250. The second kappa shape index (κ2) is 8.10. The van der Waals surface area contributed by atoms with Gasteiger partial charge in [-0.3, -0.25) is 9.78 Å². The number of pyridine rings is 1. The van der Waals surface area contributed by atoms with E-state index < -0.39 is 0 Å². The molecule has 2 aromatic heterocycles. The molecule has 0 saturated heterocycles. The lowest BCUT2D eigenvalue weighted by Gasteiger charge is -2.25. The summed E-state index contributed by atoms with van der Waals surface area (Å²) in [5, 5.41) is 3.01. The summed E-state index contributed by atoms with van der Waals surface area (Å²) >= 11 is 1.60. The Balaban J connectivity index is 1.62. The molecule has 0 radical (unpaired) electrons. The van der Waals surface area contributed by atoms with Crippen LogP contribution in [0.2, 0.25) is 0 Å². The molecule has 1 aromatic carbocycles. The normalized spacial score (nSPS) is 11.8. The Morgan fingerprint density at radius 2 is 1.88 bits per heavy atom. The van der Waals surface area contributed by atoms with Crippen molar-refractivity contribution in [2.75, 3.05) is 7.05 Å². The van der Waals surface area contributed by atoms with Gasteiger partial charge < -0.3 is 9.64 Å². The number of thiazole rings is 1. The van der Waals surface area contributed by atoms with E-state index in [1.165, 1.54) is 0 Å². The molecule has 0 aliphatic rings. The Labute approximate surface area is 157 Å². The van der Waals surface area contributed by atoms with Crippen molar-refractivity contribution in [2.45, 2.75) is 26.5 Å². The van der Waals surface area contributed by atoms with Crippen LogP contribution in [0, 0.1) is 6.92 Å². The van der Waals surface area contributed by atoms with Crippen LogP contribution in [0.1, 0.15) is 39.6 Å². The SMILES string of the molecule is Cc1nc(COc2ccc(C(=O)N(C)C(C)c3ccncc3)cc2)cs1. The molecule has 3 rings (SSSR count). The fourth-order valence-electron chi connectivity index (χ4n) is 2.57. The number of aryl methyl sites for hydroxylation is 1. The Hall–Kier alpha value is -2.73. The summed E-state index contributed by atoms with van der Waals surface area (Å²) < 4.78 is 5.73. The quantitative estimate of drug-likeness (QED) is 0.653. The van der Waals surface area contributed by atoms with E-state index in [0.29, 0.717) is 12.2 Å². The summed E-state index contributed by atoms with van der Waals surface area (Å²) in [6, 6.07) is 11.0. The number of amides is 1. The Morgan fingerprint density at radius 3 is 2.50 bits per heavy atom. The molecule has 0 fully saturated rings. The van der Waals surface area contributed by atoms with Crippen molar-refractivity contribution >= 4 is 17.2 Å². The minimum absolute atomic E-state index is 0.0315. The van der Waals surface area contributed by atoms with E-state index in [1.807, 2.05) is 50.5 Å². The van der Waals surface area contributed by atoms with Gasteiger partial charge in [-0.05, 0) is 55.8 Å². The lowest BCUT2D eigenvalue weighted by Crippen LogP contribution is -2.29. The number of hydrogen-bond donors (Lipinski definition) is 0. The maximum atomic E-state index is 12.7.